The Morgan fingerprint density at radius 3 is 1.49 bits per heavy atom. The number of rotatable bonds is 3. The minimum Gasteiger partial charge on any atom is -0.461 e. The average Bonchev–Trinajstić information content (AvgIpc) is 3.21. The van der Waals surface area contributed by atoms with Gasteiger partial charge >= 0.3 is 11.9 Å². The minimum absolute atomic E-state index is 0.126. The number of cyclic esters (lactones) is 2. The maximum atomic E-state index is 13.2. The van der Waals surface area contributed by atoms with Gasteiger partial charge in [-0.3, -0.25) is 9.59 Å². The van der Waals surface area contributed by atoms with E-state index in [1.807, 2.05) is 43.4 Å². The highest BCUT2D eigenvalue weighted by Crippen LogP contribution is 2.38. The SMILES string of the molecule is CCC[C@@H]1O[C@](O)(CC)C(O)C(=O)OC(C)CC/C=C\C=C\CCC(O)CC(=O)C(C)[C@@H]2CC[C@@H](C)[C@@](O)(O2)C(O)C(=O)OC(C)CC/C=C\C=C\CCC(O)CC(=O)C1C. The molecule has 0 radical (unpaired) electrons. The second-order valence-corrected chi connectivity index (χ2v) is 17.1. The van der Waals surface area contributed by atoms with Crippen molar-refractivity contribution in [3.05, 3.63) is 48.6 Å². The smallest absolute Gasteiger partial charge is 0.340 e. The molecule has 0 aromatic carbocycles. The molecule has 2 heterocycles. The average molecular weight is 865 g/mol. The van der Waals surface area contributed by atoms with Crippen molar-refractivity contribution in [2.75, 3.05) is 0 Å². The summed E-state index contributed by atoms with van der Waals surface area (Å²) in [6.07, 6.45) is 10.9. The van der Waals surface area contributed by atoms with E-state index < -0.39 is 90.1 Å². The van der Waals surface area contributed by atoms with E-state index in [1.165, 1.54) is 0 Å². The highest BCUT2D eigenvalue weighted by molar-refractivity contribution is 5.82. The largest absolute Gasteiger partial charge is 0.461 e. The van der Waals surface area contributed by atoms with Crippen molar-refractivity contribution in [2.24, 2.45) is 17.8 Å². The first kappa shape index (κ1) is 54.1. The first-order valence-corrected chi connectivity index (χ1v) is 22.4. The van der Waals surface area contributed by atoms with Gasteiger partial charge in [0.25, 0.3) is 0 Å². The van der Waals surface area contributed by atoms with Crippen molar-refractivity contribution in [3.8, 4) is 0 Å². The lowest BCUT2D eigenvalue weighted by Crippen LogP contribution is -2.59. The lowest BCUT2D eigenvalue weighted by Gasteiger charge is -2.45. The summed E-state index contributed by atoms with van der Waals surface area (Å²) in [5, 5.41) is 65.9. The van der Waals surface area contributed by atoms with Gasteiger partial charge in [-0.15, -0.1) is 0 Å². The Bertz CT molecular complexity index is 1470. The number of carbonyl (C=O) groups excluding carboxylic acids is 4. The molecule has 6 N–H and O–H groups in total. The maximum absolute atomic E-state index is 13.2. The van der Waals surface area contributed by atoms with Crippen LogP contribution in [-0.4, -0.2) is 115 Å². The Hall–Kier alpha value is -3.08. The van der Waals surface area contributed by atoms with Gasteiger partial charge in [-0.25, -0.2) is 9.59 Å². The molecule has 0 amide bonds. The highest BCUT2D eigenvalue weighted by Gasteiger charge is 2.52. The monoisotopic (exact) mass is 865 g/mol. The van der Waals surface area contributed by atoms with Gasteiger partial charge in [0.15, 0.2) is 0 Å². The summed E-state index contributed by atoms with van der Waals surface area (Å²) in [4.78, 5) is 52.3. The Morgan fingerprint density at radius 1 is 0.590 bits per heavy atom. The van der Waals surface area contributed by atoms with Gasteiger partial charge in [0.2, 0.25) is 23.8 Å². The molecular weight excluding hydrogens is 789 g/mol. The number of Topliss-reactive ketones (excluding diaryl/α,β-unsaturated/α-hetero) is 2. The van der Waals surface area contributed by atoms with E-state index in [9.17, 15) is 49.8 Å². The Morgan fingerprint density at radius 2 is 1.03 bits per heavy atom. The lowest BCUT2D eigenvalue weighted by molar-refractivity contribution is -0.321. The van der Waals surface area contributed by atoms with E-state index in [1.54, 1.807) is 53.7 Å². The van der Waals surface area contributed by atoms with Crippen molar-refractivity contribution < 1.29 is 68.8 Å². The van der Waals surface area contributed by atoms with Gasteiger partial charge in [-0.2, -0.15) is 0 Å². The van der Waals surface area contributed by atoms with Crippen LogP contribution >= 0.6 is 0 Å². The molecule has 14 heteroatoms. The Balaban J connectivity index is 2.17. The van der Waals surface area contributed by atoms with Gasteiger partial charge in [0.1, 0.15) is 11.6 Å². The standard InChI is InChI=1S/C47H76O14/c1-8-22-40-34(6)38(50)29-36(48)25-20-16-13-11-15-19-24-33(5)59-45(55)43(53)47(57)31(3)27-28-41(61-47)35(7)39(51)30-37(49)26-21-17-12-10-14-18-23-32(4)58-44(54)42(52)46(56,9-2)60-40/h10-17,31-37,40-43,48-49,52-53,56-57H,8-9,18-30H2,1-7H3/b14-10-,15-11-,16-13+,17-12+/t31-,32?,33?,34?,35?,36?,37?,40+,41+,42?,43?,46-,47-/m1/s1. The van der Waals surface area contributed by atoms with Crippen molar-refractivity contribution in [2.45, 2.75) is 205 Å². The van der Waals surface area contributed by atoms with Crippen LogP contribution in [-0.2, 0) is 38.1 Å². The Labute approximate surface area is 363 Å². The third-order valence-corrected chi connectivity index (χ3v) is 11.9. The fourth-order valence-corrected chi connectivity index (χ4v) is 7.41. The van der Waals surface area contributed by atoms with Crippen LogP contribution in [0.15, 0.2) is 48.6 Å². The minimum atomic E-state index is -2.30. The number of fused-ring (bicyclic) bond motifs is 2. The predicted octanol–water partition coefficient (Wildman–Crippen LogP) is 5.63. The van der Waals surface area contributed by atoms with Gasteiger partial charge < -0.3 is 49.6 Å². The molecule has 1 saturated heterocycles. The molecule has 0 saturated carbocycles. The molecule has 0 spiro atoms. The van der Waals surface area contributed by atoms with Crippen molar-refractivity contribution in [3.63, 3.8) is 0 Å². The van der Waals surface area contributed by atoms with Gasteiger partial charge in [-0.1, -0.05) is 89.6 Å². The molecule has 348 valence electrons. The molecule has 0 aliphatic carbocycles. The third-order valence-electron chi connectivity index (χ3n) is 11.9. The molecule has 8 unspecified atom stereocenters. The molecule has 2 rings (SSSR count). The zero-order valence-electron chi connectivity index (χ0n) is 37.5. The molecule has 13 atom stereocenters. The first-order valence-electron chi connectivity index (χ1n) is 22.4. The van der Waals surface area contributed by atoms with Crippen LogP contribution in [0, 0.1) is 17.8 Å². The summed E-state index contributed by atoms with van der Waals surface area (Å²) in [5.74, 6) is -9.27. The lowest BCUT2D eigenvalue weighted by atomic mass is 9.82. The van der Waals surface area contributed by atoms with E-state index in [4.69, 9.17) is 18.9 Å². The maximum Gasteiger partial charge on any atom is 0.340 e. The zero-order valence-corrected chi connectivity index (χ0v) is 37.5. The van der Waals surface area contributed by atoms with E-state index in [-0.39, 0.29) is 30.8 Å². The zero-order chi connectivity index (χ0) is 45.8. The summed E-state index contributed by atoms with van der Waals surface area (Å²) in [7, 11) is 0. The summed E-state index contributed by atoms with van der Waals surface area (Å²) >= 11 is 0. The fourth-order valence-electron chi connectivity index (χ4n) is 7.41. The van der Waals surface area contributed by atoms with Crippen LogP contribution in [0.5, 0.6) is 0 Å². The number of hydrogen-bond acceptors (Lipinski definition) is 14. The summed E-state index contributed by atoms with van der Waals surface area (Å²) in [6, 6.07) is 0. The second-order valence-electron chi connectivity index (χ2n) is 17.1. The summed E-state index contributed by atoms with van der Waals surface area (Å²) in [5.41, 5.74) is 0. The normalized spacial score (nSPS) is 39.7. The highest BCUT2D eigenvalue weighted by atomic mass is 16.7. The number of carbonyl (C=O) groups is 4. The number of aliphatic hydroxyl groups excluding tert-OH is 4. The van der Waals surface area contributed by atoms with Crippen molar-refractivity contribution >= 4 is 23.5 Å². The molecular formula is C47H76O14. The Kier molecular flexibility index (Phi) is 24.1. The van der Waals surface area contributed by atoms with Crippen LogP contribution in [0.2, 0.25) is 0 Å². The molecule has 0 aromatic rings. The number of allylic oxidation sites excluding steroid dienone is 8. The van der Waals surface area contributed by atoms with E-state index in [0.717, 1.165) is 0 Å². The van der Waals surface area contributed by atoms with Crippen LogP contribution in [0.4, 0.5) is 0 Å². The third kappa shape index (κ3) is 17.9. The van der Waals surface area contributed by atoms with E-state index in [2.05, 4.69) is 0 Å². The molecule has 2 bridgehead atoms. The van der Waals surface area contributed by atoms with Crippen molar-refractivity contribution in [1.82, 2.24) is 0 Å². The van der Waals surface area contributed by atoms with E-state index in [0.29, 0.717) is 77.0 Å². The summed E-state index contributed by atoms with van der Waals surface area (Å²) in [6.45, 7) is 11.7. The number of hydrogen-bond donors (Lipinski definition) is 6. The van der Waals surface area contributed by atoms with Gasteiger partial charge in [0.05, 0.1) is 36.6 Å². The molecule has 2 aliphatic rings. The molecule has 61 heavy (non-hydrogen) atoms. The first-order chi connectivity index (χ1) is 28.8. The number of ether oxygens (including phenoxy) is 4. The van der Waals surface area contributed by atoms with E-state index >= 15 is 0 Å². The van der Waals surface area contributed by atoms with Crippen LogP contribution in [0.25, 0.3) is 0 Å². The molecule has 2 aliphatic heterocycles. The molecule has 14 nitrogen and oxygen atoms in total. The van der Waals surface area contributed by atoms with Crippen LogP contribution in [0.3, 0.4) is 0 Å². The van der Waals surface area contributed by atoms with Crippen LogP contribution in [0.1, 0.15) is 145 Å². The quantitative estimate of drug-likeness (QED) is 0.189. The van der Waals surface area contributed by atoms with Gasteiger partial charge in [-0.05, 0) is 84.5 Å². The topological polar surface area (TPSA) is 227 Å². The predicted molar refractivity (Wildman–Crippen MR) is 229 cm³/mol. The summed E-state index contributed by atoms with van der Waals surface area (Å²) < 4.78 is 22.8. The number of esters is 2. The fraction of sp³-hybridized carbons (Fsp3) is 0.745. The second kappa shape index (κ2) is 27.2. The number of aliphatic hydroxyl groups is 6. The van der Waals surface area contributed by atoms with Crippen molar-refractivity contribution in [1.29, 1.82) is 0 Å². The van der Waals surface area contributed by atoms with Gasteiger partial charge in [0, 0.05) is 37.0 Å². The van der Waals surface area contributed by atoms with Crippen LogP contribution < -0.4 is 0 Å². The number of ketones is 2. The molecule has 1 fully saturated rings. The molecule has 0 aromatic heterocycles.